The highest BCUT2D eigenvalue weighted by molar-refractivity contribution is 5.77. The van der Waals surface area contributed by atoms with Gasteiger partial charge in [0.1, 0.15) is 24.5 Å². The van der Waals surface area contributed by atoms with E-state index in [1.807, 2.05) is 0 Å². The van der Waals surface area contributed by atoms with Crippen LogP contribution in [-0.2, 0) is 9.53 Å². The number of carbonyl (C=O) groups excluding carboxylic acids is 1. The molecule has 0 spiro atoms. The summed E-state index contributed by atoms with van der Waals surface area (Å²) >= 11 is 0. The van der Waals surface area contributed by atoms with Crippen molar-refractivity contribution in [3.63, 3.8) is 0 Å². The van der Waals surface area contributed by atoms with Gasteiger partial charge >= 0.3 is 11.6 Å². The van der Waals surface area contributed by atoms with E-state index in [4.69, 9.17) is 19.4 Å². The maximum absolute atomic E-state index is 11.8. The number of benzene rings is 1. The van der Waals surface area contributed by atoms with Crippen LogP contribution in [0, 0.1) is 0 Å². The SMILES string of the molecule is [N-]=[N+]=NCCCCCC(=O)OCC1(COc2ccc3ccc(=O)oc3c2)N=N1. The van der Waals surface area contributed by atoms with Crippen LogP contribution in [0.2, 0.25) is 0 Å². The Morgan fingerprint density at radius 2 is 2.00 bits per heavy atom. The second-order valence-electron chi connectivity index (χ2n) is 6.35. The Balaban J connectivity index is 1.40. The van der Waals surface area contributed by atoms with E-state index in [2.05, 4.69) is 20.3 Å². The predicted octanol–water partition coefficient (Wildman–Crippen LogP) is 3.75. The highest BCUT2D eigenvalue weighted by Crippen LogP contribution is 2.30. The lowest BCUT2D eigenvalue weighted by atomic mass is 10.2. The standard InChI is InChI=1S/C18H19N5O5/c19-23-20-9-3-1-2-4-16(24)27-12-18(21-22-18)11-26-14-7-5-13-6-8-17(25)28-15(13)10-14/h5-8,10H,1-4,9,11-12H2. The quantitative estimate of drug-likeness (QED) is 0.145. The summed E-state index contributed by atoms with van der Waals surface area (Å²) in [5, 5.41) is 12.1. The number of hydrogen-bond acceptors (Lipinski definition) is 8. The molecule has 28 heavy (non-hydrogen) atoms. The summed E-state index contributed by atoms with van der Waals surface area (Å²) in [5.74, 6) is 0.179. The third kappa shape index (κ3) is 5.55. The third-order valence-corrected chi connectivity index (χ3v) is 4.11. The molecular formula is C18H19N5O5. The fraction of sp³-hybridized carbons (Fsp3) is 0.444. The molecule has 0 saturated carbocycles. The smallest absolute Gasteiger partial charge is 0.336 e. The molecule has 2 aromatic rings. The summed E-state index contributed by atoms with van der Waals surface area (Å²) in [6.07, 6.45) is 2.48. The summed E-state index contributed by atoms with van der Waals surface area (Å²) in [7, 11) is 0. The maximum atomic E-state index is 11.8. The normalized spacial score (nSPS) is 13.7. The number of unbranched alkanes of at least 4 members (excludes halogenated alkanes) is 2. The van der Waals surface area contributed by atoms with E-state index in [1.54, 1.807) is 24.3 Å². The van der Waals surface area contributed by atoms with Gasteiger partial charge in [-0.15, -0.1) is 0 Å². The Hall–Kier alpha value is -3.39. The number of fused-ring (bicyclic) bond motifs is 1. The molecular weight excluding hydrogens is 366 g/mol. The maximum Gasteiger partial charge on any atom is 0.336 e. The first-order valence-electron chi connectivity index (χ1n) is 8.87. The Morgan fingerprint density at radius 1 is 1.18 bits per heavy atom. The van der Waals surface area contributed by atoms with Crippen molar-refractivity contribution in [1.29, 1.82) is 0 Å². The van der Waals surface area contributed by atoms with Crippen molar-refractivity contribution < 1.29 is 18.7 Å². The number of esters is 1. The van der Waals surface area contributed by atoms with Gasteiger partial charge < -0.3 is 13.9 Å². The van der Waals surface area contributed by atoms with Crippen molar-refractivity contribution in [2.24, 2.45) is 15.3 Å². The molecule has 0 unspecified atom stereocenters. The second-order valence-corrected chi connectivity index (χ2v) is 6.35. The topological polar surface area (TPSA) is 139 Å². The lowest BCUT2D eigenvalue weighted by Crippen LogP contribution is -2.29. The van der Waals surface area contributed by atoms with Crippen LogP contribution in [0.1, 0.15) is 25.7 Å². The van der Waals surface area contributed by atoms with Gasteiger partial charge in [-0.2, -0.15) is 10.2 Å². The van der Waals surface area contributed by atoms with Crippen molar-refractivity contribution >= 4 is 16.9 Å². The molecule has 10 nitrogen and oxygen atoms in total. The Bertz CT molecular complexity index is 974. The molecule has 0 bridgehead atoms. The van der Waals surface area contributed by atoms with Gasteiger partial charge in [0.15, 0.2) is 0 Å². The fourth-order valence-corrected chi connectivity index (χ4v) is 2.50. The van der Waals surface area contributed by atoms with E-state index in [0.29, 0.717) is 24.3 Å². The first-order chi connectivity index (χ1) is 13.6. The minimum absolute atomic E-state index is 0.0211. The molecule has 1 aliphatic heterocycles. The number of carbonyl (C=O) groups is 1. The highest BCUT2D eigenvalue weighted by Gasteiger charge is 2.43. The van der Waals surface area contributed by atoms with Gasteiger partial charge in [-0.25, -0.2) is 4.79 Å². The van der Waals surface area contributed by atoms with Crippen molar-refractivity contribution in [1.82, 2.24) is 0 Å². The van der Waals surface area contributed by atoms with Crippen molar-refractivity contribution in [2.45, 2.75) is 31.3 Å². The molecule has 1 aromatic heterocycles. The zero-order valence-electron chi connectivity index (χ0n) is 15.1. The van der Waals surface area contributed by atoms with Crippen molar-refractivity contribution in [2.75, 3.05) is 19.8 Å². The summed E-state index contributed by atoms with van der Waals surface area (Å²) < 4.78 is 16.0. The van der Waals surface area contributed by atoms with Crippen LogP contribution < -0.4 is 10.4 Å². The molecule has 0 aliphatic carbocycles. The van der Waals surface area contributed by atoms with Gasteiger partial charge in [-0.1, -0.05) is 11.5 Å². The van der Waals surface area contributed by atoms with Crippen LogP contribution in [0.15, 0.2) is 54.9 Å². The minimum Gasteiger partial charge on any atom is -0.489 e. The van der Waals surface area contributed by atoms with Gasteiger partial charge in [0, 0.05) is 35.4 Å². The minimum atomic E-state index is -0.871. The number of nitrogens with zero attached hydrogens (tertiary/aromatic N) is 5. The molecule has 0 saturated heterocycles. The first-order valence-corrected chi connectivity index (χ1v) is 8.87. The van der Waals surface area contributed by atoms with Gasteiger partial charge in [-0.3, -0.25) is 4.79 Å². The van der Waals surface area contributed by atoms with E-state index >= 15 is 0 Å². The summed E-state index contributed by atoms with van der Waals surface area (Å²) in [6.45, 7) is 0.574. The molecule has 3 rings (SSSR count). The molecule has 0 radical (unpaired) electrons. The van der Waals surface area contributed by atoms with Crippen molar-refractivity contribution in [3.8, 4) is 5.75 Å². The van der Waals surface area contributed by atoms with E-state index < -0.39 is 11.3 Å². The van der Waals surface area contributed by atoms with Crippen LogP contribution in [0.5, 0.6) is 5.75 Å². The van der Waals surface area contributed by atoms with Gasteiger partial charge in [0.2, 0.25) is 0 Å². The lowest BCUT2D eigenvalue weighted by Gasteiger charge is -2.13. The van der Waals surface area contributed by atoms with Crippen LogP contribution in [0.3, 0.4) is 0 Å². The molecule has 1 aromatic carbocycles. The Morgan fingerprint density at radius 3 is 2.79 bits per heavy atom. The Labute approximate surface area is 159 Å². The zero-order chi connectivity index (χ0) is 19.8. The molecule has 10 heteroatoms. The summed E-state index contributed by atoms with van der Waals surface area (Å²) in [5.41, 5.74) is 7.30. The van der Waals surface area contributed by atoms with E-state index in [0.717, 1.165) is 18.2 Å². The summed E-state index contributed by atoms with van der Waals surface area (Å²) in [4.78, 5) is 25.8. The molecule has 0 atom stereocenters. The number of hydrogen-bond donors (Lipinski definition) is 0. The fourth-order valence-electron chi connectivity index (χ4n) is 2.50. The Kier molecular flexibility index (Phi) is 6.23. The van der Waals surface area contributed by atoms with Gasteiger partial charge in [0.05, 0.1) is 0 Å². The van der Waals surface area contributed by atoms with Crippen LogP contribution >= 0.6 is 0 Å². The van der Waals surface area contributed by atoms with Gasteiger partial charge in [0.25, 0.3) is 5.66 Å². The average molecular weight is 385 g/mol. The number of rotatable bonds is 11. The number of azide groups is 1. The third-order valence-electron chi connectivity index (χ3n) is 4.11. The van der Waals surface area contributed by atoms with Crippen LogP contribution in [-0.4, -0.2) is 31.4 Å². The molecule has 0 N–H and O–H groups in total. The van der Waals surface area contributed by atoms with E-state index in [1.165, 1.54) is 6.07 Å². The van der Waals surface area contributed by atoms with Crippen LogP contribution in [0.4, 0.5) is 0 Å². The van der Waals surface area contributed by atoms with E-state index in [9.17, 15) is 9.59 Å². The average Bonchev–Trinajstić information content (AvgIpc) is 3.47. The molecule has 0 amide bonds. The second kappa shape index (κ2) is 9.01. The monoisotopic (exact) mass is 385 g/mol. The molecule has 1 aliphatic rings. The van der Waals surface area contributed by atoms with Gasteiger partial charge in [-0.05, 0) is 36.6 Å². The van der Waals surface area contributed by atoms with E-state index in [-0.39, 0.29) is 25.6 Å². The predicted molar refractivity (Wildman–Crippen MR) is 99.0 cm³/mol. The summed E-state index contributed by atoms with van der Waals surface area (Å²) in [6, 6.07) is 8.18. The van der Waals surface area contributed by atoms with Crippen LogP contribution in [0.25, 0.3) is 21.4 Å². The molecule has 146 valence electrons. The van der Waals surface area contributed by atoms with Crippen molar-refractivity contribution in [3.05, 3.63) is 51.2 Å². The lowest BCUT2D eigenvalue weighted by molar-refractivity contribution is -0.145. The first kappa shape index (κ1) is 19.4. The largest absolute Gasteiger partial charge is 0.489 e. The highest BCUT2D eigenvalue weighted by atomic mass is 16.5. The number of ether oxygens (including phenoxy) is 2. The molecule has 0 fully saturated rings. The zero-order valence-corrected chi connectivity index (χ0v) is 15.1. The molecule has 2 heterocycles.